The van der Waals surface area contributed by atoms with Crippen LogP contribution in [-0.4, -0.2) is 37.2 Å². The van der Waals surface area contributed by atoms with Gasteiger partial charge < -0.3 is 14.8 Å². The van der Waals surface area contributed by atoms with Gasteiger partial charge in [-0.15, -0.1) is 0 Å². The second kappa shape index (κ2) is 11.4. The molecule has 1 fully saturated rings. The van der Waals surface area contributed by atoms with Gasteiger partial charge in [-0.1, -0.05) is 42.6 Å². The van der Waals surface area contributed by atoms with Gasteiger partial charge in [0.05, 0.1) is 30.9 Å². The van der Waals surface area contributed by atoms with Crippen LogP contribution in [0.2, 0.25) is 5.02 Å². The summed E-state index contributed by atoms with van der Waals surface area (Å²) in [4.78, 5) is 37.3. The molecule has 1 aliphatic rings. The van der Waals surface area contributed by atoms with Crippen molar-refractivity contribution in [2.45, 2.75) is 51.2 Å². The molecule has 0 aliphatic heterocycles. The Bertz CT molecular complexity index is 787. The summed E-state index contributed by atoms with van der Waals surface area (Å²) in [6.07, 6.45) is -2.99. The minimum Gasteiger partial charge on any atom is -0.466 e. The van der Waals surface area contributed by atoms with Crippen LogP contribution in [0.3, 0.4) is 0 Å². The van der Waals surface area contributed by atoms with E-state index in [0.29, 0.717) is 29.8 Å². The zero-order valence-corrected chi connectivity index (χ0v) is 17.8. The first-order valence-corrected chi connectivity index (χ1v) is 10.4. The van der Waals surface area contributed by atoms with Gasteiger partial charge in [0, 0.05) is 5.02 Å². The van der Waals surface area contributed by atoms with Crippen LogP contribution in [0.1, 0.15) is 50.6 Å². The molecule has 0 bridgehead atoms. The molecule has 1 aromatic rings. The molecule has 6 nitrogen and oxygen atoms in total. The Morgan fingerprint density at radius 1 is 1.13 bits per heavy atom. The van der Waals surface area contributed by atoms with Crippen LogP contribution in [0.5, 0.6) is 0 Å². The Kier molecular flexibility index (Phi) is 9.15. The predicted molar refractivity (Wildman–Crippen MR) is 106 cm³/mol. The highest BCUT2D eigenvalue weighted by Crippen LogP contribution is 2.33. The largest absolute Gasteiger partial charge is 0.466 e. The van der Waals surface area contributed by atoms with Crippen LogP contribution in [0.15, 0.2) is 24.3 Å². The molecular formula is C21H25ClF3NO5. The van der Waals surface area contributed by atoms with Crippen molar-refractivity contribution >= 4 is 29.4 Å². The number of ether oxygens (including phenoxy) is 2. The van der Waals surface area contributed by atoms with Crippen LogP contribution < -0.4 is 5.32 Å². The molecule has 3 atom stereocenters. The summed E-state index contributed by atoms with van der Waals surface area (Å²) in [5.41, 5.74) is 0.498. The van der Waals surface area contributed by atoms with E-state index in [0.717, 1.165) is 0 Å². The van der Waals surface area contributed by atoms with Crippen molar-refractivity contribution in [2.24, 2.45) is 11.8 Å². The van der Waals surface area contributed by atoms with Crippen LogP contribution in [-0.2, 0) is 23.9 Å². The van der Waals surface area contributed by atoms with E-state index in [4.69, 9.17) is 16.3 Å². The van der Waals surface area contributed by atoms with E-state index < -0.39 is 48.5 Å². The molecule has 1 N–H and O–H groups in total. The molecule has 1 amide bonds. The molecule has 1 aromatic carbocycles. The van der Waals surface area contributed by atoms with Crippen LogP contribution in [0, 0.1) is 11.8 Å². The van der Waals surface area contributed by atoms with Crippen LogP contribution in [0.4, 0.5) is 13.2 Å². The first-order chi connectivity index (χ1) is 14.6. The van der Waals surface area contributed by atoms with Crippen LogP contribution >= 0.6 is 11.6 Å². The molecule has 172 valence electrons. The Balaban J connectivity index is 2.16. The highest BCUT2D eigenvalue weighted by molar-refractivity contribution is 6.31. The lowest BCUT2D eigenvalue weighted by Gasteiger charge is -2.30. The average Bonchev–Trinajstić information content (AvgIpc) is 2.71. The number of nitrogens with one attached hydrogen (secondary N) is 1. The number of alkyl halides is 3. The third kappa shape index (κ3) is 7.72. The van der Waals surface area contributed by atoms with Crippen molar-refractivity contribution in [3.63, 3.8) is 0 Å². The van der Waals surface area contributed by atoms with Crippen molar-refractivity contribution in [1.29, 1.82) is 0 Å². The number of esters is 2. The summed E-state index contributed by atoms with van der Waals surface area (Å²) in [6, 6.07) is 5.85. The summed E-state index contributed by atoms with van der Waals surface area (Å²) in [7, 11) is 0. The molecule has 0 heterocycles. The maximum atomic E-state index is 13.0. The van der Waals surface area contributed by atoms with Crippen LogP contribution in [0.25, 0.3) is 0 Å². The quantitative estimate of drug-likeness (QED) is 0.579. The van der Waals surface area contributed by atoms with E-state index in [9.17, 15) is 27.6 Å². The molecular weight excluding hydrogens is 439 g/mol. The predicted octanol–water partition coefficient (Wildman–Crippen LogP) is 4.36. The van der Waals surface area contributed by atoms with Gasteiger partial charge in [-0.3, -0.25) is 14.4 Å². The topological polar surface area (TPSA) is 81.7 Å². The van der Waals surface area contributed by atoms with Gasteiger partial charge in [0.2, 0.25) is 5.91 Å². The number of benzene rings is 1. The van der Waals surface area contributed by atoms with Crippen molar-refractivity contribution in [2.75, 3.05) is 13.2 Å². The van der Waals surface area contributed by atoms with Crippen molar-refractivity contribution in [3.8, 4) is 0 Å². The lowest BCUT2D eigenvalue weighted by atomic mass is 9.78. The minimum atomic E-state index is -4.64. The first kappa shape index (κ1) is 25.0. The molecule has 1 aliphatic carbocycles. The van der Waals surface area contributed by atoms with Gasteiger partial charge in [0.15, 0.2) is 6.61 Å². The lowest BCUT2D eigenvalue weighted by molar-refractivity contribution is -0.191. The van der Waals surface area contributed by atoms with Gasteiger partial charge >= 0.3 is 18.1 Å². The van der Waals surface area contributed by atoms with Gasteiger partial charge in [-0.25, -0.2) is 0 Å². The van der Waals surface area contributed by atoms with Gasteiger partial charge in [0.1, 0.15) is 0 Å². The maximum Gasteiger partial charge on any atom is 0.422 e. The van der Waals surface area contributed by atoms with E-state index in [2.05, 4.69) is 10.1 Å². The fraction of sp³-hybridized carbons (Fsp3) is 0.571. The third-order valence-corrected chi connectivity index (χ3v) is 5.40. The standard InChI is InChI=1S/C21H25ClF3NO5/c1-2-30-18(27)11-17(15-9-5-6-10-16(15)22)26-19(28)13-7-3-4-8-14(13)20(29)31-12-21(23,24)25/h5-6,9-10,13-14,17H,2-4,7-8,11-12H2,1H3,(H,26,28)/t13-,14+,17-/m0/s1. The second-order valence-corrected chi connectivity index (χ2v) is 7.72. The Morgan fingerprint density at radius 2 is 1.77 bits per heavy atom. The average molecular weight is 464 g/mol. The monoisotopic (exact) mass is 463 g/mol. The number of halogens is 4. The lowest BCUT2D eigenvalue weighted by Crippen LogP contribution is -2.42. The van der Waals surface area contributed by atoms with Crippen molar-refractivity contribution in [3.05, 3.63) is 34.9 Å². The summed E-state index contributed by atoms with van der Waals surface area (Å²) in [6.45, 7) is 0.125. The normalized spacial score (nSPS) is 19.9. The highest BCUT2D eigenvalue weighted by atomic mass is 35.5. The fourth-order valence-corrected chi connectivity index (χ4v) is 3.92. The second-order valence-electron chi connectivity index (χ2n) is 7.31. The molecule has 0 spiro atoms. The number of carbonyl (C=O) groups is 3. The number of rotatable bonds is 8. The molecule has 0 unspecified atom stereocenters. The van der Waals surface area contributed by atoms with E-state index in [1.807, 2.05) is 0 Å². The number of hydrogen-bond donors (Lipinski definition) is 1. The number of carbonyl (C=O) groups excluding carboxylic acids is 3. The third-order valence-electron chi connectivity index (χ3n) is 5.06. The molecule has 0 radical (unpaired) electrons. The summed E-state index contributed by atoms with van der Waals surface area (Å²) in [5.74, 6) is -3.97. The van der Waals surface area contributed by atoms with E-state index in [1.165, 1.54) is 0 Å². The molecule has 0 aromatic heterocycles. The Morgan fingerprint density at radius 3 is 2.39 bits per heavy atom. The first-order valence-electron chi connectivity index (χ1n) is 10.1. The highest BCUT2D eigenvalue weighted by Gasteiger charge is 2.39. The van der Waals surface area contributed by atoms with E-state index in [1.54, 1.807) is 31.2 Å². The van der Waals surface area contributed by atoms with Gasteiger partial charge in [-0.05, 0) is 31.4 Å². The van der Waals surface area contributed by atoms with Gasteiger partial charge in [0.25, 0.3) is 0 Å². The van der Waals surface area contributed by atoms with Gasteiger partial charge in [-0.2, -0.15) is 13.2 Å². The van der Waals surface area contributed by atoms with Crippen molar-refractivity contribution < 1.29 is 37.0 Å². The molecule has 2 rings (SSSR count). The summed E-state index contributed by atoms with van der Waals surface area (Å²) < 4.78 is 46.6. The van der Waals surface area contributed by atoms with E-state index >= 15 is 0 Å². The minimum absolute atomic E-state index is 0.164. The zero-order valence-electron chi connectivity index (χ0n) is 17.0. The molecule has 1 saturated carbocycles. The smallest absolute Gasteiger partial charge is 0.422 e. The number of hydrogen-bond acceptors (Lipinski definition) is 5. The Labute approximate surface area is 183 Å². The van der Waals surface area contributed by atoms with Crippen molar-refractivity contribution in [1.82, 2.24) is 5.32 Å². The maximum absolute atomic E-state index is 13.0. The summed E-state index contributed by atoms with van der Waals surface area (Å²) >= 11 is 6.23. The SMILES string of the molecule is CCOC(=O)C[C@H](NC(=O)[C@H]1CCCC[C@H]1C(=O)OCC(F)(F)F)c1ccccc1Cl. The number of amides is 1. The molecule has 10 heteroatoms. The fourth-order valence-electron chi connectivity index (χ4n) is 3.65. The molecule has 31 heavy (non-hydrogen) atoms. The Hall–Kier alpha value is -2.29. The molecule has 0 saturated heterocycles. The zero-order chi connectivity index (χ0) is 23.0. The van der Waals surface area contributed by atoms with E-state index in [-0.39, 0.29) is 19.4 Å². The summed E-state index contributed by atoms with van der Waals surface area (Å²) in [5, 5.41) is 3.07.